The number of hydrogen-bond acceptors (Lipinski definition) is 4. The van der Waals surface area contributed by atoms with Crippen molar-refractivity contribution in [2.24, 2.45) is 0 Å². The molecule has 0 spiro atoms. The summed E-state index contributed by atoms with van der Waals surface area (Å²) in [4.78, 5) is 22.5. The molecule has 0 heterocycles. The molecule has 0 aromatic carbocycles. The zero-order valence-electron chi connectivity index (χ0n) is 9.99. The van der Waals surface area contributed by atoms with Gasteiger partial charge in [0.05, 0.1) is 0 Å². The Morgan fingerprint density at radius 1 is 1.44 bits per heavy atom. The molecular weight excluding hydrogens is 210 g/mol. The van der Waals surface area contributed by atoms with E-state index in [9.17, 15) is 9.59 Å². The molecule has 0 unspecified atom stereocenters. The van der Waals surface area contributed by atoms with E-state index in [0.717, 1.165) is 0 Å². The molecule has 0 radical (unpaired) electrons. The van der Waals surface area contributed by atoms with Gasteiger partial charge in [-0.3, -0.25) is 0 Å². The average molecular weight is 227 g/mol. The number of nitrogens with one attached hydrogen (secondary N) is 1. The largest absolute Gasteiger partial charge is 0.458 e. The SMILES string of the molecule is C#CCOC(=O)N[C@@H](C)C(=O)OC(C)(C)C. The molecule has 0 aliphatic carbocycles. The van der Waals surface area contributed by atoms with Gasteiger partial charge in [-0.1, -0.05) is 5.92 Å². The van der Waals surface area contributed by atoms with Crippen LogP contribution in [0.4, 0.5) is 4.79 Å². The lowest BCUT2D eigenvalue weighted by molar-refractivity contribution is -0.156. The molecule has 0 rings (SSSR count). The van der Waals surface area contributed by atoms with Gasteiger partial charge < -0.3 is 14.8 Å². The van der Waals surface area contributed by atoms with Crippen molar-refractivity contribution in [2.75, 3.05) is 6.61 Å². The summed E-state index contributed by atoms with van der Waals surface area (Å²) in [6, 6.07) is -0.774. The molecular formula is C11H17NO4. The van der Waals surface area contributed by atoms with E-state index in [1.165, 1.54) is 6.92 Å². The molecule has 5 heteroatoms. The van der Waals surface area contributed by atoms with Crippen molar-refractivity contribution in [1.29, 1.82) is 0 Å². The summed E-state index contributed by atoms with van der Waals surface area (Å²) < 4.78 is 9.60. The Bertz CT molecular complexity index is 298. The first kappa shape index (κ1) is 14.3. The average Bonchev–Trinajstić information content (AvgIpc) is 2.11. The second-order valence-corrected chi connectivity index (χ2v) is 4.18. The summed E-state index contributed by atoms with van der Waals surface area (Å²) >= 11 is 0. The van der Waals surface area contributed by atoms with Crippen LogP contribution in [0.2, 0.25) is 0 Å². The number of hydrogen-bond donors (Lipinski definition) is 1. The highest BCUT2D eigenvalue weighted by atomic mass is 16.6. The maximum atomic E-state index is 11.4. The fraction of sp³-hybridized carbons (Fsp3) is 0.636. The summed E-state index contributed by atoms with van der Waals surface area (Å²) in [6.07, 6.45) is 4.16. The van der Waals surface area contributed by atoms with Crippen LogP contribution in [0.5, 0.6) is 0 Å². The van der Waals surface area contributed by atoms with Crippen molar-refractivity contribution in [1.82, 2.24) is 5.32 Å². The van der Waals surface area contributed by atoms with Crippen molar-refractivity contribution in [3.8, 4) is 12.3 Å². The maximum Gasteiger partial charge on any atom is 0.408 e. The predicted octanol–water partition coefficient (Wildman–Crippen LogP) is 1.08. The Balaban J connectivity index is 4.06. The first-order valence-corrected chi connectivity index (χ1v) is 4.86. The molecule has 1 N–H and O–H groups in total. The normalized spacial score (nSPS) is 12.2. The van der Waals surface area contributed by atoms with Gasteiger partial charge in [0.1, 0.15) is 11.6 Å². The molecule has 5 nitrogen and oxygen atoms in total. The first-order chi connectivity index (χ1) is 7.26. The lowest BCUT2D eigenvalue weighted by Crippen LogP contribution is -2.42. The van der Waals surface area contributed by atoms with E-state index >= 15 is 0 Å². The van der Waals surface area contributed by atoms with E-state index in [0.29, 0.717) is 0 Å². The number of carbonyl (C=O) groups is 2. The Hall–Kier alpha value is -1.70. The molecule has 0 fully saturated rings. The van der Waals surface area contributed by atoms with E-state index in [1.54, 1.807) is 20.8 Å². The second-order valence-electron chi connectivity index (χ2n) is 4.18. The highest BCUT2D eigenvalue weighted by molar-refractivity contribution is 5.81. The highest BCUT2D eigenvalue weighted by Crippen LogP contribution is 2.08. The Labute approximate surface area is 95.5 Å². The van der Waals surface area contributed by atoms with Crippen molar-refractivity contribution in [2.45, 2.75) is 39.3 Å². The van der Waals surface area contributed by atoms with Crippen molar-refractivity contribution in [3.05, 3.63) is 0 Å². The molecule has 1 amide bonds. The second kappa shape index (κ2) is 6.01. The summed E-state index contributed by atoms with van der Waals surface area (Å²) in [5, 5.41) is 2.31. The topological polar surface area (TPSA) is 64.6 Å². The van der Waals surface area contributed by atoms with Gasteiger partial charge in [-0.15, -0.1) is 6.42 Å². The minimum absolute atomic E-state index is 0.132. The molecule has 0 bridgehead atoms. The molecule has 0 aliphatic rings. The molecule has 0 saturated carbocycles. The van der Waals surface area contributed by atoms with Crippen molar-refractivity contribution in [3.63, 3.8) is 0 Å². The maximum absolute atomic E-state index is 11.4. The fourth-order valence-corrected chi connectivity index (χ4v) is 0.775. The van der Waals surface area contributed by atoms with Crippen molar-refractivity contribution >= 4 is 12.1 Å². The number of esters is 1. The summed E-state index contributed by atoms with van der Waals surface area (Å²) in [7, 11) is 0. The molecule has 16 heavy (non-hydrogen) atoms. The first-order valence-electron chi connectivity index (χ1n) is 4.86. The summed E-state index contributed by atoms with van der Waals surface area (Å²) in [6.45, 7) is 6.61. The zero-order chi connectivity index (χ0) is 12.8. The van der Waals surface area contributed by atoms with Gasteiger partial charge in [0.2, 0.25) is 0 Å². The monoisotopic (exact) mass is 227 g/mol. The molecule has 0 aliphatic heterocycles. The van der Waals surface area contributed by atoms with Crippen LogP contribution in [0, 0.1) is 12.3 Å². The van der Waals surface area contributed by atoms with E-state index < -0.39 is 23.7 Å². The fourth-order valence-electron chi connectivity index (χ4n) is 0.775. The lowest BCUT2D eigenvalue weighted by Gasteiger charge is -2.22. The smallest absolute Gasteiger partial charge is 0.408 e. The highest BCUT2D eigenvalue weighted by Gasteiger charge is 2.23. The van der Waals surface area contributed by atoms with Crippen LogP contribution in [0.1, 0.15) is 27.7 Å². The van der Waals surface area contributed by atoms with Gasteiger partial charge in [0, 0.05) is 0 Å². The van der Waals surface area contributed by atoms with Gasteiger partial charge in [-0.2, -0.15) is 0 Å². The number of amides is 1. The molecule has 0 aromatic rings. The quantitative estimate of drug-likeness (QED) is 0.578. The van der Waals surface area contributed by atoms with Gasteiger partial charge in [0.15, 0.2) is 6.61 Å². The van der Waals surface area contributed by atoms with Crippen LogP contribution in [0.25, 0.3) is 0 Å². The van der Waals surface area contributed by atoms with E-state index in [4.69, 9.17) is 11.2 Å². The van der Waals surface area contributed by atoms with Gasteiger partial charge in [-0.05, 0) is 27.7 Å². The Morgan fingerprint density at radius 2 is 2.00 bits per heavy atom. The van der Waals surface area contributed by atoms with E-state index in [1.807, 2.05) is 0 Å². The molecule has 1 atom stereocenters. The summed E-state index contributed by atoms with van der Waals surface area (Å²) in [5.74, 6) is 1.62. The Kier molecular flexibility index (Phi) is 5.37. The zero-order valence-corrected chi connectivity index (χ0v) is 9.99. The standard InChI is InChI=1S/C11H17NO4/c1-6-7-15-10(14)12-8(2)9(13)16-11(3,4)5/h1,8H,7H2,2-5H3,(H,12,14)/t8-/m0/s1. The third-order valence-corrected chi connectivity index (χ3v) is 1.38. The number of terminal acetylenes is 1. The van der Waals surface area contributed by atoms with Crippen LogP contribution in [-0.2, 0) is 14.3 Å². The van der Waals surface area contributed by atoms with Crippen LogP contribution < -0.4 is 5.32 Å². The molecule has 0 aromatic heterocycles. The van der Waals surface area contributed by atoms with Gasteiger partial charge in [0.25, 0.3) is 0 Å². The number of carbonyl (C=O) groups excluding carboxylic acids is 2. The minimum atomic E-state index is -0.774. The molecule has 90 valence electrons. The third-order valence-electron chi connectivity index (χ3n) is 1.38. The number of alkyl carbamates (subject to hydrolysis) is 1. The Morgan fingerprint density at radius 3 is 2.44 bits per heavy atom. The summed E-state index contributed by atoms with van der Waals surface area (Å²) in [5.41, 5.74) is -0.588. The number of ether oxygens (including phenoxy) is 2. The van der Waals surface area contributed by atoms with Crippen LogP contribution in [0.15, 0.2) is 0 Å². The van der Waals surface area contributed by atoms with Crippen LogP contribution in [0.3, 0.4) is 0 Å². The lowest BCUT2D eigenvalue weighted by atomic mass is 10.2. The van der Waals surface area contributed by atoms with Gasteiger partial charge in [-0.25, -0.2) is 9.59 Å². The van der Waals surface area contributed by atoms with E-state index in [2.05, 4.69) is 16.0 Å². The van der Waals surface area contributed by atoms with E-state index in [-0.39, 0.29) is 6.61 Å². The molecule has 0 saturated heterocycles. The van der Waals surface area contributed by atoms with Gasteiger partial charge >= 0.3 is 12.1 Å². The van der Waals surface area contributed by atoms with Crippen LogP contribution in [-0.4, -0.2) is 30.3 Å². The number of rotatable bonds is 3. The third kappa shape index (κ3) is 6.71. The van der Waals surface area contributed by atoms with Crippen LogP contribution >= 0.6 is 0 Å². The van der Waals surface area contributed by atoms with Crippen molar-refractivity contribution < 1.29 is 19.1 Å². The predicted molar refractivity (Wildman–Crippen MR) is 58.6 cm³/mol. The minimum Gasteiger partial charge on any atom is -0.458 e.